The monoisotopic (exact) mass is 349 g/mol. The van der Waals surface area contributed by atoms with Crippen molar-refractivity contribution in [2.24, 2.45) is 0 Å². The molecular weight excluding hydrogens is 326 g/mol. The number of amides is 1. The van der Waals surface area contributed by atoms with E-state index in [1.807, 2.05) is 68.4 Å². The van der Waals surface area contributed by atoms with Gasteiger partial charge in [0.15, 0.2) is 0 Å². The van der Waals surface area contributed by atoms with Crippen LogP contribution in [0.4, 0.5) is 0 Å². The summed E-state index contributed by atoms with van der Waals surface area (Å²) in [6.45, 7) is 4.04. The Hall–Kier alpha value is -3.08. The van der Waals surface area contributed by atoms with Crippen LogP contribution in [0, 0.1) is 0 Å². The average Bonchev–Trinajstić information content (AvgIpc) is 3.14. The first-order valence-corrected chi connectivity index (χ1v) is 8.72. The number of benzene rings is 2. The predicted octanol–water partition coefficient (Wildman–Crippen LogP) is 4.08. The number of para-hydroxylation sites is 1. The molecule has 0 bridgehead atoms. The second-order valence-corrected chi connectivity index (χ2v) is 6.18. The van der Waals surface area contributed by atoms with E-state index in [2.05, 4.69) is 10.4 Å². The minimum absolute atomic E-state index is 0.103. The number of hydrogen-bond acceptors (Lipinski definition) is 3. The van der Waals surface area contributed by atoms with Crippen molar-refractivity contribution in [2.45, 2.75) is 26.3 Å². The fourth-order valence-electron chi connectivity index (χ4n) is 2.62. The third-order valence-corrected chi connectivity index (χ3v) is 4.33. The largest absolute Gasteiger partial charge is 0.497 e. The molecule has 3 aromatic rings. The van der Waals surface area contributed by atoms with Crippen molar-refractivity contribution in [3.8, 4) is 22.7 Å². The van der Waals surface area contributed by atoms with E-state index >= 15 is 0 Å². The van der Waals surface area contributed by atoms with Crippen LogP contribution in [0.5, 0.6) is 5.75 Å². The number of ether oxygens (including phenoxy) is 1. The molecular formula is C21H23N3O2. The van der Waals surface area contributed by atoms with Gasteiger partial charge < -0.3 is 10.1 Å². The van der Waals surface area contributed by atoms with Crippen LogP contribution in [-0.2, 0) is 0 Å². The minimum Gasteiger partial charge on any atom is -0.497 e. The highest BCUT2D eigenvalue weighted by atomic mass is 16.5. The molecule has 0 fully saturated rings. The molecule has 0 unspecified atom stereocenters. The number of carbonyl (C=O) groups excluding carboxylic acids is 1. The minimum atomic E-state index is -0.118. The maximum absolute atomic E-state index is 12.8. The summed E-state index contributed by atoms with van der Waals surface area (Å²) in [4.78, 5) is 12.8. The molecule has 1 heterocycles. The van der Waals surface area contributed by atoms with Crippen LogP contribution in [-0.4, -0.2) is 28.8 Å². The summed E-state index contributed by atoms with van der Waals surface area (Å²) in [6.07, 6.45) is 2.66. The van der Waals surface area contributed by atoms with Gasteiger partial charge in [0, 0.05) is 17.8 Å². The third-order valence-electron chi connectivity index (χ3n) is 4.33. The van der Waals surface area contributed by atoms with Crippen LogP contribution in [0.1, 0.15) is 30.6 Å². The van der Waals surface area contributed by atoms with E-state index in [0.717, 1.165) is 23.4 Å². The van der Waals surface area contributed by atoms with E-state index in [0.29, 0.717) is 11.3 Å². The molecule has 0 saturated heterocycles. The van der Waals surface area contributed by atoms with Gasteiger partial charge >= 0.3 is 0 Å². The van der Waals surface area contributed by atoms with Gasteiger partial charge in [-0.1, -0.05) is 25.1 Å². The summed E-state index contributed by atoms with van der Waals surface area (Å²) in [5.74, 6) is 0.647. The lowest BCUT2D eigenvalue weighted by Crippen LogP contribution is -2.32. The van der Waals surface area contributed by atoms with Crippen LogP contribution < -0.4 is 10.1 Å². The molecule has 0 aliphatic rings. The first-order chi connectivity index (χ1) is 12.6. The summed E-state index contributed by atoms with van der Waals surface area (Å²) in [6, 6.07) is 17.4. The van der Waals surface area contributed by atoms with E-state index in [1.165, 1.54) is 0 Å². The molecule has 1 atom stereocenters. The molecule has 0 spiro atoms. The summed E-state index contributed by atoms with van der Waals surface area (Å²) in [5, 5.41) is 7.70. The number of nitrogens with one attached hydrogen (secondary N) is 1. The third kappa shape index (κ3) is 3.77. The Morgan fingerprint density at radius 1 is 1.15 bits per heavy atom. The summed E-state index contributed by atoms with van der Waals surface area (Å²) >= 11 is 0. The Labute approximate surface area is 153 Å². The number of methoxy groups -OCH3 is 1. The van der Waals surface area contributed by atoms with Gasteiger partial charge in [-0.25, -0.2) is 4.68 Å². The molecule has 134 valence electrons. The van der Waals surface area contributed by atoms with Crippen molar-refractivity contribution in [1.29, 1.82) is 0 Å². The molecule has 5 nitrogen and oxygen atoms in total. The second kappa shape index (κ2) is 7.87. The fourth-order valence-corrected chi connectivity index (χ4v) is 2.62. The normalized spacial score (nSPS) is 11.8. The van der Waals surface area contributed by atoms with Gasteiger partial charge in [-0.3, -0.25) is 4.79 Å². The lowest BCUT2D eigenvalue weighted by Gasteiger charge is -2.11. The number of carbonyl (C=O) groups is 1. The molecule has 1 amide bonds. The van der Waals surface area contributed by atoms with Crippen molar-refractivity contribution < 1.29 is 9.53 Å². The van der Waals surface area contributed by atoms with Gasteiger partial charge in [-0.15, -0.1) is 0 Å². The Kier molecular flexibility index (Phi) is 5.37. The van der Waals surface area contributed by atoms with E-state index < -0.39 is 0 Å². The molecule has 1 aromatic heterocycles. The quantitative estimate of drug-likeness (QED) is 0.730. The molecule has 3 rings (SSSR count). The highest BCUT2D eigenvalue weighted by molar-refractivity contribution is 6.00. The maximum atomic E-state index is 12.8. The predicted molar refractivity (Wildman–Crippen MR) is 103 cm³/mol. The molecule has 5 heteroatoms. The van der Waals surface area contributed by atoms with Crippen LogP contribution in [0.3, 0.4) is 0 Å². The Morgan fingerprint density at radius 2 is 1.85 bits per heavy atom. The Bertz CT molecular complexity index is 870. The lowest BCUT2D eigenvalue weighted by atomic mass is 10.1. The van der Waals surface area contributed by atoms with Gasteiger partial charge in [-0.05, 0) is 49.7 Å². The fraction of sp³-hybridized carbons (Fsp3) is 0.238. The molecule has 0 saturated carbocycles. The molecule has 0 aliphatic carbocycles. The molecule has 0 aliphatic heterocycles. The standard InChI is InChI=1S/C21H23N3O2/c1-4-15(2)22-21(25)19-14-24(17-8-6-5-7-9-17)23-20(19)16-10-12-18(26-3)13-11-16/h5-15H,4H2,1-3H3,(H,22,25)/t15-/m1/s1. The van der Waals surface area contributed by atoms with Crippen LogP contribution >= 0.6 is 0 Å². The highest BCUT2D eigenvalue weighted by Gasteiger charge is 2.19. The smallest absolute Gasteiger partial charge is 0.255 e. The summed E-state index contributed by atoms with van der Waals surface area (Å²) in [5.41, 5.74) is 2.98. The van der Waals surface area contributed by atoms with E-state index in [9.17, 15) is 4.79 Å². The highest BCUT2D eigenvalue weighted by Crippen LogP contribution is 2.26. The first-order valence-electron chi connectivity index (χ1n) is 8.72. The van der Waals surface area contributed by atoms with Crippen LogP contribution in [0.2, 0.25) is 0 Å². The molecule has 26 heavy (non-hydrogen) atoms. The van der Waals surface area contributed by atoms with Crippen molar-refractivity contribution in [1.82, 2.24) is 15.1 Å². The first kappa shape index (κ1) is 17.7. The number of rotatable bonds is 6. The zero-order chi connectivity index (χ0) is 18.5. The zero-order valence-electron chi connectivity index (χ0n) is 15.3. The molecule has 0 radical (unpaired) electrons. The van der Waals surface area contributed by atoms with Gasteiger partial charge in [-0.2, -0.15) is 5.10 Å². The van der Waals surface area contributed by atoms with Crippen molar-refractivity contribution >= 4 is 5.91 Å². The number of nitrogens with zero attached hydrogens (tertiary/aromatic N) is 2. The van der Waals surface area contributed by atoms with E-state index in [1.54, 1.807) is 18.0 Å². The molecule has 1 N–H and O–H groups in total. The summed E-state index contributed by atoms with van der Waals surface area (Å²) < 4.78 is 6.96. The maximum Gasteiger partial charge on any atom is 0.255 e. The topological polar surface area (TPSA) is 56.2 Å². The zero-order valence-corrected chi connectivity index (χ0v) is 15.3. The molecule has 2 aromatic carbocycles. The average molecular weight is 349 g/mol. The Morgan fingerprint density at radius 3 is 2.46 bits per heavy atom. The van der Waals surface area contributed by atoms with E-state index in [-0.39, 0.29) is 11.9 Å². The number of hydrogen-bond donors (Lipinski definition) is 1. The van der Waals surface area contributed by atoms with Crippen molar-refractivity contribution in [2.75, 3.05) is 7.11 Å². The van der Waals surface area contributed by atoms with Crippen molar-refractivity contribution in [3.63, 3.8) is 0 Å². The van der Waals surface area contributed by atoms with Gasteiger partial charge in [0.1, 0.15) is 11.4 Å². The Balaban J connectivity index is 2.04. The SMILES string of the molecule is CC[C@@H](C)NC(=O)c1cn(-c2ccccc2)nc1-c1ccc(OC)cc1. The van der Waals surface area contributed by atoms with Crippen LogP contribution in [0.15, 0.2) is 60.8 Å². The van der Waals surface area contributed by atoms with Gasteiger partial charge in [0.25, 0.3) is 5.91 Å². The van der Waals surface area contributed by atoms with Crippen LogP contribution in [0.25, 0.3) is 16.9 Å². The number of aromatic nitrogens is 2. The van der Waals surface area contributed by atoms with Gasteiger partial charge in [0.2, 0.25) is 0 Å². The van der Waals surface area contributed by atoms with Gasteiger partial charge in [0.05, 0.1) is 18.4 Å². The van der Waals surface area contributed by atoms with E-state index in [4.69, 9.17) is 4.74 Å². The van der Waals surface area contributed by atoms with Crippen molar-refractivity contribution in [3.05, 3.63) is 66.4 Å². The summed E-state index contributed by atoms with van der Waals surface area (Å²) in [7, 11) is 1.63. The lowest BCUT2D eigenvalue weighted by molar-refractivity contribution is 0.0940. The second-order valence-electron chi connectivity index (χ2n) is 6.18.